The molecular formula is C16H10ClN3O4S. The number of nitrogens with one attached hydrogen (secondary N) is 1. The van der Waals surface area contributed by atoms with Crippen LogP contribution >= 0.6 is 23.4 Å². The predicted octanol–water partition coefficient (Wildman–Crippen LogP) is 3.85. The average Bonchev–Trinajstić information content (AvgIpc) is 2.90. The van der Waals surface area contributed by atoms with Crippen molar-refractivity contribution in [3.05, 3.63) is 68.1 Å². The normalized spacial score (nSPS) is 17.1. The van der Waals surface area contributed by atoms with E-state index in [2.05, 4.69) is 10.3 Å². The fourth-order valence-electron chi connectivity index (χ4n) is 2.08. The molecule has 0 spiro atoms. The molecular weight excluding hydrogens is 366 g/mol. The molecule has 7 nitrogen and oxygen atoms in total. The van der Waals surface area contributed by atoms with Gasteiger partial charge in [-0.15, -0.1) is 0 Å². The van der Waals surface area contributed by atoms with Crippen molar-refractivity contribution < 1.29 is 14.8 Å². The summed E-state index contributed by atoms with van der Waals surface area (Å²) < 4.78 is 0. The van der Waals surface area contributed by atoms with Crippen LogP contribution in [0.2, 0.25) is 5.02 Å². The summed E-state index contributed by atoms with van der Waals surface area (Å²) in [7, 11) is 0. The molecule has 0 aliphatic carbocycles. The fourth-order valence-corrected chi connectivity index (χ4v) is 3.07. The summed E-state index contributed by atoms with van der Waals surface area (Å²) in [6, 6.07) is 10.7. The molecule has 0 unspecified atom stereocenters. The molecule has 3 rings (SSSR count). The minimum Gasteiger partial charge on any atom is -0.507 e. The van der Waals surface area contributed by atoms with Crippen molar-refractivity contribution in [2.24, 2.45) is 4.99 Å². The highest BCUT2D eigenvalue weighted by atomic mass is 35.5. The number of carbonyl (C=O) groups is 1. The van der Waals surface area contributed by atoms with E-state index in [1.54, 1.807) is 18.2 Å². The van der Waals surface area contributed by atoms with E-state index < -0.39 is 10.8 Å². The summed E-state index contributed by atoms with van der Waals surface area (Å²) in [5.41, 5.74) is 0.313. The number of amidine groups is 1. The van der Waals surface area contributed by atoms with Gasteiger partial charge in [-0.05, 0) is 36.0 Å². The van der Waals surface area contributed by atoms with Crippen LogP contribution in [0.5, 0.6) is 5.75 Å². The zero-order valence-corrected chi connectivity index (χ0v) is 14.0. The number of aliphatic imine (C=N–C) groups is 1. The molecule has 126 valence electrons. The van der Waals surface area contributed by atoms with Crippen LogP contribution < -0.4 is 5.32 Å². The Morgan fingerprint density at radius 3 is 2.76 bits per heavy atom. The van der Waals surface area contributed by atoms with Crippen molar-refractivity contribution >= 4 is 51.9 Å². The molecule has 0 radical (unpaired) electrons. The lowest BCUT2D eigenvalue weighted by Crippen LogP contribution is -2.19. The molecule has 25 heavy (non-hydrogen) atoms. The molecule has 0 aromatic heterocycles. The number of nitro benzene ring substituents is 1. The van der Waals surface area contributed by atoms with Crippen molar-refractivity contribution in [2.75, 3.05) is 0 Å². The number of aromatic hydroxyl groups is 1. The summed E-state index contributed by atoms with van der Waals surface area (Å²) >= 11 is 6.79. The number of amides is 1. The summed E-state index contributed by atoms with van der Waals surface area (Å²) in [4.78, 5) is 27.0. The minimum atomic E-state index is -0.592. The number of hydrogen-bond acceptors (Lipinski definition) is 6. The van der Waals surface area contributed by atoms with Gasteiger partial charge >= 0.3 is 0 Å². The molecule has 1 aliphatic rings. The fraction of sp³-hybridized carbons (Fsp3) is 0. The van der Waals surface area contributed by atoms with Crippen LogP contribution in [-0.4, -0.2) is 21.1 Å². The summed E-state index contributed by atoms with van der Waals surface area (Å²) in [6.45, 7) is 0. The van der Waals surface area contributed by atoms with Gasteiger partial charge in [0.05, 0.1) is 9.83 Å². The monoisotopic (exact) mass is 375 g/mol. The Kier molecular flexibility index (Phi) is 4.73. The Bertz CT molecular complexity index is 943. The van der Waals surface area contributed by atoms with Crippen LogP contribution in [0.3, 0.4) is 0 Å². The lowest BCUT2D eigenvalue weighted by Gasteiger charge is -1.99. The van der Waals surface area contributed by atoms with Gasteiger partial charge in [0.1, 0.15) is 11.4 Å². The smallest absolute Gasteiger partial charge is 0.296 e. The number of nitro groups is 1. The third-order valence-electron chi connectivity index (χ3n) is 3.23. The van der Waals surface area contributed by atoms with Crippen LogP contribution in [0.1, 0.15) is 5.56 Å². The van der Waals surface area contributed by atoms with Crippen molar-refractivity contribution in [1.82, 2.24) is 5.32 Å². The van der Waals surface area contributed by atoms with E-state index in [1.165, 1.54) is 30.3 Å². The molecule has 0 atom stereocenters. The number of thioether (sulfide) groups is 1. The number of phenolic OH excluding ortho intramolecular Hbond substituents is 1. The lowest BCUT2D eigenvalue weighted by molar-refractivity contribution is -0.384. The molecule has 2 N–H and O–H groups in total. The van der Waals surface area contributed by atoms with Crippen molar-refractivity contribution in [3.63, 3.8) is 0 Å². The highest BCUT2D eigenvalue weighted by Gasteiger charge is 2.25. The lowest BCUT2D eigenvalue weighted by atomic mass is 10.2. The number of para-hydroxylation sites is 1. The molecule has 1 saturated heterocycles. The molecule has 0 saturated carbocycles. The second-order valence-electron chi connectivity index (χ2n) is 4.93. The third-order valence-corrected chi connectivity index (χ3v) is 4.38. The first-order valence-electron chi connectivity index (χ1n) is 6.95. The van der Waals surface area contributed by atoms with Crippen LogP contribution in [0.15, 0.2) is 52.4 Å². The number of rotatable bonds is 3. The van der Waals surface area contributed by atoms with E-state index in [9.17, 15) is 20.0 Å². The van der Waals surface area contributed by atoms with Gasteiger partial charge in [0.25, 0.3) is 11.6 Å². The summed E-state index contributed by atoms with van der Waals surface area (Å²) in [5, 5.41) is 23.8. The first-order chi connectivity index (χ1) is 11.9. The topological polar surface area (TPSA) is 105 Å². The molecule has 1 fully saturated rings. The SMILES string of the molecule is O=C1NC(=Nc2ccc(Cl)cc2[N+](=O)[O-])S/C1=C/c1ccccc1O. The number of benzene rings is 2. The summed E-state index contributed by atoms with van der Waals surface area (Å²) in [6.07, 6.45) is 1.52. The van der Waals surface area contributed by atoms with Gasteiger partial charge in [-0.1, -0.05) is 29.8 Å². The van der Waals surface area contributed by atoms with Gasteiger partial charge in [-0.25, -0.2) is 4.99 Å². The van der Waals surface area contributed by atoms with Crippen LogP contribution in [-0.2, 0) is 4.79 Å². The van der Waals surface area contributed by atoms with Gasteiger partial charge in [0, 0.05) is 16.7 Å². The molecule has 0 bridgehead atoms. The highest BCUT2D eigenvalue weighted by molar-refractivity contribution is 8.18. The maximum Gasteiger partial charge on any atom is 0.296 e. The van der Waals surface area contributed by atoms with Gasteiger partial charge in [-0.3, -0.25) is 14.9 Å². The maximum absolute atomic E-state index is 12.0. The molecule has 1 heterocycles. The van der Waals surface area contributed by atoms with Crippen molar-refractivity contribution in [3.8, 4) is 5.75 Å². The maximum atomic E-state index is 12.0. The average molecular weight is 376 g/mol. The second-order valence-corrected chi connectivity index (χ2v) is 6.40. The predicted molar refractivity (Wildman–Crippen MR) is 97.0 cm³/mol. The van der Waals surface area contributed by atoms with E-state index in [0.29, 0.717) is 10.5 Å². The van der Waals surface area contributed by atoms with Crippen LogP contribution in [0.25, 0.3) is 6.08 Å². The van der Waals surface area contributed by atoms with Crippen molar-refractivity contribution in [1.29, 1.82) is 0 Å². The quantitative estimate of drug-likeness (QED) is 0.481. The largest absolute Gasteiger partial charge is 0.507 e. The molecule has 1 amide bonds. The van der Waals surface area contributed by atoms with Gasteiger partial charge in [-0.2, -0.15) is 0 Å². The molecule has 1 aliphatic heterocycles. The second kappa shape index (κ2) is 6.96. The number of nitrogens with zero attached hydrogens (tertiary/aromatic N) is 2. The van der Waals surface area contributed by atoms with E-state index in [4.69, 9.17) is 11.6 Å². The van der Waals surface area contributed by atoms with Crippen LogP contribution in [0.4, 0.5) is 11.4 Å². The zero-order valence-electron chi connectivity index (χ0n) is 12.5. The Morgan fingerprint density at radius 2 is 2.04 bits per heavy atom. The van der Waals surface area contributed by atoms with Crippen molar-refractivity contribution in [2.45, 2.75) is 0 Å². The molecule has 2 aromatic carbocycles. The van der Waals surface area contributed by atoms with Gasteiger partial charge < -0.3 is 10.4 Å². The third kappa shape index (κ3) is 3.81. The number of hydrogen-bond donors (Lipinski definition) is 2. The summed E-state index contributed by atoms with van der Waals surface area (Å²) in [5.74, 6) is -0.356. The Balaban J connectivity index is 1.92. The Morgan fingerprint density at radius 1 is 1.28 bits per heavy atom. The highest BCUT2D eigenvalue weighted by Crippen LogP contribution is 2.34. The first-order valence-corrected chi connectivity index (χ1v) is 8.15. The standard InChI is InChI=1S/C16H10ClN3O4S/c17-10-5-6-11(12(8-10)20(23)24)18-16-19-15(22)14(25-16)7-9-3-1-2-4-13(9)21/h1-8,21H,(H,18,19,22)/b14-7+. The minimum absolute atomic E-state index is 0.0436. The first kappa shape index (κ1) is 17.0. The van der Waals surface area contributed by atoms with E-state index in [0.717, 1.165) is 11.8 Å². The van der Waals surface area contributed by atoms with Gasteiger partial charge in [0.2, 0.25) is 0 Å². The zero-order chi connectivity index (χ0) is 18.0. The van der Waals surface area contributed by atoms with Crippen LogP contribution in [0, 0.1) is 10.1 Å². The molecule has 9 heteroatoms. The van der Waals surface area contributed by atoms with Gasteiger partial charge in [0.15, 0.2) is 5.17 Å². The van der Waals surface area contributed by atoms with E-state index in [1.807, 2.05) is 0 Å². The number of carbonyl (C=O) groups excluding carboxylic acids is 1. The number of phenols is 1. The molecule has 2 aromatic rings. The van der Waals surface area contributed by atoms with E-state index in [-0.39, 0.29) is 27.3 Å². The Labute approximate surface area is 151 Å². The Hall–Kier alpha value is -2.84. The number of halogens is 1. The van der Waals surface area contributed by atoms with E-state index >= 15 is 0 Å².